The number of likely N-dealkylation sites (tertiary alicyclic amines) is 1. The van der Waals surface area contributed by atoms with Gasteiger partial charge >= 0.3 is 5.97 Å². The van der Waals surface area contributed by atoms with Crippen LogP contribution in [-0.4, -0.2) is 52.2 Å². The van der Waals surface area contributed by atoms with E-state index < -0.39 is 10.8 Å². The zero-order chi connectivity index (χ0) is 13.5. The quantitative estimate of drug-likeness (QED) is 0.693. The van der Waals surface area contributed by atoms with Crippen molar-refractivity contribution in [3.05, 3.63) is 0 Å². The first-order valence-corrected chi connectivity index (χ1v) is 7.64. The molecule has 2 unspecified atom stereocenters. The fourth-order valence-corrected chi connectivity index (χ4v) is 2.94. The molecule has 0 aromatic heterocycles. The maximum atomic E-state index is 11.9. The molecule has 1 aliphatic rings. The van der Waals surface area contributed by atoms with Gasteiger partial charge in [-0.05, 0) is 19.3 Å². The van der Waals surface area contributed by atoms with Gasteiger partial charge in [0.15, 0.2) is 0 Å². The minimum atomic E-state index is -1.31. The molecule has 18 heavy (non-hydrogen) atoms. The lowest BCUT2D eigenvalue weighted by molar-refractivity contribution is -0.140. The lowest BCUT2D eigenvalue weighted by atomic mass is 10.1. The van der Waals surface area contributed by atoms with Crippen LogP contribution in [0.4, 0.5) is 0 Å². The van der Waals surface area contributed by atoms with Crippen LogP contribution in [0.1, 0.15) is 32.6 Å². The number of carbonyl (C=O) groups is 2. The number of esters is 1. The summed E-state index contributed by atoms with van der Waals surface area (Å²) < 4.78 is 16.4. The first-order valence-electron chi connectivity index (χ1n) is 6.26. The molecule has 0 radical (unpaired) electrons. The first-order chi connectivity index (χ1) is 8.54. The van der Waals surface area contributed by atoms with Crippen molar-refractivity contribution in [2.75, 3.05) is 26.0 Å². The molecule has 0 saturated carbocycles. The summed E-state index contributed by atoms with van der Waals surface area (Å²) in [6.45, 7) is 3.24. The van der Waals surface area contributed by atoms with E-state index in [0.717, 1.165) is 32.4 Å². The van der Waals surface area contributed by atoms with E-state index in [1.54, 1.807) is 11.8 Å². The normalized spacial score (nSPS) is 19.1. The van der Waals surface area contributed by atoms with Gasteiger partial charge in [0.05, 0.1) is 13.5 Å². The summed E-state index contributed by atoms with van der Waals surface area (Å²) in [6.07, 6.45) is 3.30. The zero-order valence-corrected chi connectivity index (χ0v) is 11.8. The van der Waals surface area contributed by atoms with Crippen LogP contribution in [0.2, 0.25) is 0 Å². The maximum absolute atomic E-state index is 11.9. The lowest BCUT2D eigenvalue weighted by Gasteiger charge is -2.26. The molecule has 5 nitrogen and oxygen atoms in total. The van der Waals surface area contributed by atoms with Crippen molar-refractivity contribution in [1.29, 1.82) is 0 Å². The molecule has 0 N–H and O–H groups in total. The highest BCUT2D eigenvalue weighted by Gasteiger charge is 2.22. The van der Waals surface area contributed by atoms with Gasteiger partial charge in [0.1, 0.15) is 5.75 Å². The monoisotopic (exact) mass is 275 g/mol. The van der Waals surface area contributed by atoms with Crippen molar-refractivity contribution in [3.63, 3.8) is 0 Å². The second-order valence-electron chi connectivity index (χ2n) is 4.56. The Morgan fingerprint density at radius 3 is 2.44 bits per heavy atom. The predicted molar refractivity (Wildman–Crippen MR) is 69.5 cm³/mol. The maximum Gasteiger partial charge on any atom is 0.306 e. The van der Waals surface area contributed by atoms with E-state index in [2.05, 4.69) is 4.74 Å². The third kappa shape index (κ3) is 4.76. The molecule has 1 fully saturated rings. The molecule has 0 aromatic carbocycles. The van der Waals surface area contributed by atoms with Crippen molar-refractivity contribution < 1.29 is 18.5 Å². The second kappa shape index (κ2) is 7.51. The fourth-order valence-electron chi connectivity index (χ4n) is 1.91. The third-order valence-electron chi connectivity index (χ3n) is 3.11. The smallest absolute Gasteiger partial charge is 0.306 e. The van der Waals surface area contributed by atoms with Crippen molar-refractivity contribution in [2.45, 2.75) is 37.9 Å². The van der Waals surface area contributed by atoms with Gasteiger partial charge in [-0.1, -0.05) is 6.92 Å². The second-order valence-corrected chi connectivity index (χ2v) is 6.41. The first kappa shape index (κ1) is 15.1. The lowest BCUT2D eigenvalue weighted by Crippen LogP contribution is -2.39. The molecule has 0 bridgehead atoms. The highest BCUT2D eigenvalue weighted by atomic mass is 32.2. The van der Waals surface area contributed by atoms with Crippen molar-refractivity contribution in [3.8, 4) is 0 Å². The van der Waals surface area contributed by atoms with E-state index in [0.29, 0.717) is 0 Å². The topological polar surface area (TPSA) is 63.7 Å². The Labute approximate surface area is 110 Å². The van der Waals surface area contributed by atoms with Crippen molar-refractivity contribution in [1.82, 2.24) is 4.90 Å². The van der Waals surface area contributed by atoms with Gasteiger partial charge < -0.3 is 9.64 Å². The number of nitrogens with zero attached hydrogens (tertiary/aromatic N) is 1. The Hall–Kier alpha value is -0.910. The number of piperidine rings is 1. The Kier molecular flexibility index (Phi) is 6.32. The van der Waals surface area contributed by atoms with Gasteiger partial charge in [0, 0.05) is 29.1 Å². The highest BCUT2D eigenvalue weighted by Crippen LogP contribution is 2.10. The minimum absolute atomic E-state index is 0.0121. The Morgan fingerprint density at radius 1 is 1.28 bits per heavy atom. The largest absolute Gasteiger partial charge is 0.469 e. The molecule has 1 rings (SSSR count). The predicted octanol–water partition coefficient (Wildman–Crippen LogP) is 0.699. The number of rotatable bonds is 5. The SMILES string of the molecule is COC(=O)CC(C)S(=O)CC(=O)N1CCCCC1. The number of amides is 1. The molecule has 0 spiro atoms. The van der Waals surface area contributed by atoms with Gasteiger partial charge in [-0.25, -0.2) is 0 Å². The molecule has 2 atom stereocenters. The number of methoxy groups -OCH3 is 1. The van der Waals surface area contributed by atoms with Crippen LogP contribution in [-0.2, 0) is 25.1 Å². The van der Waals surface area contributed by atoms with Crippen LogP contribution in [0.15, 0.2) is 0 Å². The third-order valence-corrected chi connectivity index (χ3v) is 4.70. The molecule has 1 aliphatic heterocycles. The Bertz CT molecular complexity index is 326. The molecule has 1 saturated heterocycles. The summed E-state index contributed by atoms with van der Waals surface area (Å²) in [6, 6.07) is 0. The van der Waals surface area contributed by atoms with E-state index in [1.165, 1.54) is 7.11 Å². The fraction of sp³-hybridized carbons (Fsp3) is 0.833. The van der Waals surface area contributed by atoms with Gasteiger partial charge in [0.25, 0.3) is 0 Å². The number of hydrogen-bond donors (Lipinski definition) is 0. The standard InChI is InChI=1S/C12H21NO4S/c1-10(8-12(15)17-2)18(16)9-11(14)13-6-4-3-5-7-13/h10H,3-9H2,1-2H3. The van der Waals surface area contributed by atoms with Crippen molar-refractivity contribution in [2.24, 2.45) is 0 Å². The van der Waals surface area contributed by atoms with Crippen LogP contribution < -0.4 is 0 Å². The van der Waals surface area contributed by atoms with E-state index >= 15 is 0 Å². The number of ether oxygens (including phenoxy) is 1. The molecular weight excluding hydrogens is 254 g/mol. The van der Waals surface area contributed by atoms with Gasteiger partial charge in [0.2, 0.25) is 5.91 Å². The average Bonchev–Trinajstić information content (AvgIpc) is 2.39. The summed E-state index contributed by atoms with van der Waals surface area (Å²) in [5.41, 5.74) is 0. The van der Waals surface area contributed by atoms with Crippen molar-refractivity contribution >= 4 is 22.7 Å². The molecule has 6 heteroatoms. The summed E-state index contributed by atoms with van der Waals surface area (Å²) in [5, 5.41) is -0.341. The van der Waals surface area contributed by atoms with E-state index in [4.69, 9.17) is 0 Å². The van der Waals surface area contributed by atoms with Gasteiger partial charge in [-0.3, -0.25) is 13.8 Å². The molecule has 0 aliphatic carbocycles. The van der Waals surface area contributed by atoms with E-state index in [9.17, 15) is 13.8 Å². The van der Waals surface area contributed by atoms with Crippen LogP contribution in [0, 0.1) is 0 Å². The van der Waals surface area contributed by atoms with Gasteiger partial charge in [-0.15, -0.1) is 0 Å². The average molecular weight is 275 g/mol. The Balaban J connectivity index is 2.38. The Morgan fingerprint density at radius 2 is 1.89 bits per heavy atom. The van der Waals surface area contributed by atoms with Crippen LogP contribution in [0.3, 0.4) is 0 Å². The molecule has 0 aromatic rings. The summed E-state index contributed by atoms with van der Waals surface area (Å²) in [7, 11) is -0.00832. The van der Waals surface area contributed by atoms with Crippen LogP contribution >= 0.6 is 0 Å². The van der Waals surface area contributed by atoms with E-state index in [1.807, 2.05) is 0 Å². The molecule has 104 valence electrons. The summed E-state index contributed by atoms with van der Waals surface area (Å²) in [4.78, 5) is 24.7. The van der Waals surface area contributed by atoms with E-state index in [-0.39, 0.29) is 29.3 Å². The molecule has 1 amide bonds. The zero-order valence-electron chi connectivity index (χ0n) is 11.0. The van der Waals surface area contributed by atoms with Crippen LogP contribution in [0.25, 0.3) is 0 Å². The molecular formula is C12H21NO4S. The van der Waals surface area contributed by atoms with Crippen LogP contribution in [0.5, 0.6) is 0 Å². The summed E-state index contributed by atoms with van der Waals surface area (Å²) in [5.74, 6) is -0.441. The highest BCUT2D eigenvalue weighted by molar-refractivity contribution is 7.86. The molecule has 1 heterocycles. The minimum Gasteiger partial charge on any atom is -0.469 e. The number of carbonyl (C=O) groups excluding carboxylic acids is 2. The summed E-state index contributed by atoms with van der Waals surface area (Å²) >= 11 is 0. The van der Waals surface area contributed by atoms with Gasteiger partial charge in [-0.2, -0.15) is 0 Å². The number of hydrogen-bond acceptors (Lipinski definition) is 4.